The van der Waals surface area contributed by atoms with Crippen LogP contribution < -0.4 is 10.6 Å². The third-order valence-electron chi connectivity index (χ3n) is 3.21. The minimum absolute atomic E-state index is 0.148. The molecule has 118 valence electrons. The molecule has 0 spiro atoms. The lowest BCUT2D eigenvalue weighted by atomic mass is 10.1. The van der Waals surface area contributed by atoms with Crippen LogP contribution in [0.3, 0.4) is 0 Å². The summed E-state index contributed by atoms with van der Waals surface area (Å²) in [6.45, 7) is 1.82. The van der Waals surface area contributed by atoms with Crippen LogP contribution in [0.5, 0.6) is 0 Å². The highest BCUT2D eigenvalue weighted by molar-refractivity contribution is 6.02. The molecule has 2 aromatic carbocycles. The van der Waals surface area contributed by atoms with Crippen molar-refractivity contribution in [1.82, 2.24) is 5.32 Å². The molecule has 5 heteroatoms. The lowest BCUT2D eigenvalue weighted by molar-refractivity contribution is -0.111. The smallest absolute Gasteiger partial charge is 0.251 e. The van der Waals surface area contributed by atoms with Gasteiger partial charge < -0.3 is 10.6 Å². The molecule has 0 fully saturated rings. The van der Waals surface area contributed by atoms with E-state index in [9.17, 15) is 14.0 Å². The van der Waals surface area contributed by atoms with Gasteiger partial charge in [0, 0.05) is 18.7 Å². The molecule has 0 aromatic heterocycles. The monoisotopic (exact) mass is 312 g/mol. The van der Waals surface area contributed by atoms with Gasteiger partial charge >= 0.3 is 0 Å². The highest BCUT2D eigenvalue weighted by atomic mass is 19.1. The van der Waals surface area contributed by atoms with Crippen LogP contribution in [0.25, 0.3) is 6.08 Å². The van der Waals surface area contributed by atoms with Crippen LogP contribution in [0.15, 0.2) is 48.5 Å². The average molecular weight is 312 g/mol. The number of carbonyl (C=O) groups excluding carboxylic acids is 2. The first-order valence-electron chi connectivity index (χ1n) is 7.07. The van der Waals surface area contributed by atoms with Gasteiger partial charge in [-0.2, -0.15) is 0 Å². The van der Waals surface area contributed by atoms with E-state index >= 15 is 0 Å². The molecule has 0 aliphatic heterocycles. The van der Waals surface area contributed by atoms with Crippen LogP contribution in [0.1, 0.15) is 21.5 Å². The van der Waals surface area contributed by atoms with E-state index in [4.69, 9.17) is 0 Å². The van der Waals surface area contributed by atoms with Gasteiger partial charge in [-0.15, -0.1) is 0 Å². The van der Waals surface area contributed by atoms with Gasteiger partial charge in [0.2, 0.25) is 5.91 Å². The molecule has 2 rings (SSSR count). The number of hydrogen-bond acceptors (Lipinski definition) is 2. The molecular weight excluding hydrogens is 295 g/mol. The summed E-state index contributed by atoms with van der Waals surface area (Å²) in [5.41, 5.74) is 2.30. The lowest BCUT2D eigenvalue weighted by Gasteiger charge is -2.05. The molecule has 0 saturated carbocycles. The normalized spacial score (nSPS) is 10.6. The van der Waals surface area contributed by atoms with Gasteiger partial charge in [0.15, 0.2) is 0 Å². The number of hydrogen-bond donors (Lipinski definition) is 2. The summed E-state index contributed by atoms with van der Waals surface area (Å²) in [5.74, 6) is -1.08. The Labute approximate surface area is 134 Å². The number of halogens is 1. The fourth-order valence-electron chi connectivity index (χ4n) is 1.97. The Morgan fingerprint density at radius 1 is 1.09 bits per heavy atom. The van der Waals surface area contributed by atoms with Gasteiger partial charge in [-0.1, -0.05) is 18.2 Å². The second-order valence-corrected chi connectivity index (χ2v) is 5.01. The van der Waals surface area contributed by atoms with E-state index in [0.717, 1.165) is 11.1 Å². The maximum absolute atomic E-state index is 13.6. The zero-order valence-corrected chi connectivity index (χ0v) is 12.9. The summed E-state index contributed by atoms with van der Waals surface area (Å²) in [6, 6.07) is 11.3. The summed E-state index contributed by atoms with van der Waals surface area (Å²) in [6.07, 6.45) is 2.91. The van der Waals surface area contributed by atoms with Crippen LogP contribution in [0, 0.1) is 12.7 Å². The Balaban J connectivity index is 2.03. The first-order valence-corrected chi connectivity index (χ1v) is 7.07. The maximum Gasteiger partial charge on any atom is 0.251 e. The van der Waals surface area contributed by atoms with Crippen molar-refractivity contribution in [3.8, 4) is 0 Å². The number of aryl methyl sites for hydroxylation is 1. The molecule has 0 atom stereocenters. The predicted octanol–water partition coefficient (Wildman–Crippen LogP) is 3.15. The number of nitrogens with one attached hydrogen (secondary N) is 2. The van der Waals surface area contributed by atoms with Crippen LogP contribution in [0.4, 0.5) is 10.1 Å². The number of amides is 2. The van der Waals surface area contributed by atoms with Gasteiger partial charge in [-0.25, -0.2) is 4.39 Å². The molecule has 0 heterocycles. The first-order chi connectivity index (χ1) is 11.0. The molecular formula is C18H17FN2O2. The number of benzene rings is 2. The van der Waals surface area contributed by atoms with Crippen molar-refractivity contribution in [2.45, 2.75) is 6.92 Å². The molecule has 0 radical (unpaired) electrons. The van der Waals surface area contributed by atoms with E-state index in [-0.39, 0.29) is 11.6 Å². The van der Waals surface area contributed by atoms with Gasteiger partial charge in [0.25, 0.3) is 5.91 Å². The topological polar surface area (TPSA) is 58.2 Å². The molecule has 0 aliphatic rings. The number of rotatable bonds is 4. The van der Waals surface area contributed by atoms with Crippen molar-refractivity contribution in [3.63, 3.8) is 0 Å². The maximum atomic E-state index is 13.6. The van der Waals surface area contributed by atoms with Gasteiger partial charge in [-0.3, -0.25) is 9.59 Å². The third kappa shape index (κ3) is 4.51. The number of carbonyl (C=O) groups is 2. The van der Waals surface area contributed by atoms with Crippen molar-refractivity contribution in [2.24, 2.45) is 0 Å². The number of anilines is 1. The predicted molar refractivity (Wildman–Crippen MR) is 88.6 cm³/mol. The van der Waals surface area contributed by atoms with E-state index in [1.807, 2.05) is 6.92 Å². The molecule has 0 unspecified atom stereocenters. The molecule has 2 aromatic rings. The summed E-state index contributed by atoms with van der Waals surface area (Å²) >= 11 is 0. The van der Waals surface area contributed by atoms with Crippen molar-refractivity contribution in [3.05, 3.63) is 71.0 Å². The second-order valence-electron chi connectivity index (χ2n) is 5.01. The first kappa shape index (κ1) is 16.4. The summed E-state index contributed by atoms with van der Waals surface area (Å²) in [5, 5.41) is 5.03. The van der Waals surface area contributed by atoms with Gasteiger partial charge in [-0.05, 0) is 48.4 Å². The highest BCUT2D eigenvalue weighted by Crippen LogP contribution is 2.15. The Hall–Kier alpha value is -2.95. The third-order valence-corrected chi connectivity index (χ3v) is 3.21. The summed E-state index contributed by atoms with van der Waals surface area (Å²) in [4.78, 5) is 23.3. The lowest BCUT2D eigenvalue weighted by Crippen LogP contribution is -2.17. The minimum Gasteiger partial charge on any atom is -0.355 e. The SMILES string of the molecule is CNC(=O)c1ccc(/C=C/C(=O)Nc2cc(C)ccc2F)cc1. The largest absolute Gasteiger partial charge is 0.355 e. The Kier molecular flexibility index (Phi) is 5.25. The van der Waals surface area contributed by atoms with E-state index in [1.165, 1.54) is 12.1 Å². The molecule has 23 heavy (non-hydrogen) atoms. The fraction of sp³-hybridized carbons (Fsp3) is 0.111. The van der Waals surface area contributed by atoms with Crippen LogP contribution in [-0.2, 0) is 4.79 Å². The van der Waals surface area contributed by atoms with Crippen LogP contribution in [0.2, 0.25) is 0 Å². The van der Waals surface area contributed by atoms with Crippen LogP contribution in [-0.4, -0.2) is 18.9 Å². The molecule has 0 saturated heterocycles. The van der Waals surface area contributed by atoms with Crippen molar-refractivity contribution < 1.29 is 14.0 Å². The van der Waals surface area contributed by atoms with Crippen molar-refractivity contribution in [2.75, 3.05) is 12.4 Å². The minimum atomic E-state index is -0.479. The van der Waals surface area contributed by atoms with E-state index in [1.54, 1.807) is 49.5 Å². The van der Waals surface area contributed by atoms with E-state index in [0.29, 0.717) is 5.56 Å². The van der Waals surface area contributed by atoms with E-state index in [2.05, 4.69) is 10.6 Å². The average Bonchev–Trinajstić information content (AvgIpc) is 2.56. The Bertz CT molecular complexity index is 752. The van der Waals surface area contributed by atoms with E-state index < -0.39 is 11.7 Å². The Morgan fingerprint density at radius 2 is 1.78 bits per heavy atom. The highest BCUT2D eigenvalue weighted by Gasteiger charge is 2.05. The summed E-state index contributed by atoms with van der Waals surface area (Å²) < 4.78 is 13.6. The quantitative estimate of drug-likeness (QED) is 0.852. The van der Waals surface area contributed by atoms with Gasteiger partial charge in [0.1, 0.15) is 5.82 Å². The standard InChI is InChI=1S/C18H17FN2O2/c1-12-3-9-15(19)16(11-12)21-17(22)10-6-13-4-7-14(8-5-13)18(23)20-2/h3-11H,1-2H3,(H,20,23)(H,21,22)/b10-6+. The second kappa shape index (κ2) is 7.35. The van der Waals surface area contributed by atoms with Crippen molar-refractivity contribution >= 4 is 23.6 Å². The Morgan fingerprint density at radius 3 is 2.43 bits per heavy atom. The van der Waals surface area contributed by atoms with Crippen molar-refractivity contribution in [1.29, 1.82) is 0 Å². The zero-order chi connectivity index (χ0) is 16.8. The van der Waals surface area contributed by atoms with Gasteiger partial charge in [0.05, 0.1) is 5.69 Å². The molecule has 4 nitrogen and oxygen atoms in total. The molecule has 0 bridgehead atoms. The zero-order valence-electron chi connectivity index (χ0n) is 12.9. The van der Waals surface area contributed by atoms with Crippen LogP contribution >= 0.6 is 0 Å². The molecule has 0 aliphatic carbocycles. The fourth-order valence-corrected chi connectivity index (χ4v) is 1.97. The molecule has 2 amide bonds. The molecule has 2 N–H and O–H groups in total. The summed E-state index contributed by atoms with van der Waals surface area (Å²) in [7, 11) is 1.56.